The lowest BCUT2D eigenvalue weighted by molar-refractivity contribution is -0.130. The molecule has 27 heavy (non-hydrogen) atoms. The number of thiophene rings is 1. The number of Topliss-reactive ketones (excluding diaryl/α,β-unsaturated/α-hetero) is 1. The summed E-state index contributed by atoms with van der Waals surface area (Å²) in [4.78, 5) is 36.1. The van der Waals surface area contributed by atoms with E-state index in [1.807, 2.05) is 6.07 Å². The summed E-state index contributed by atoms with van der Waals surface area (Å²) in [6.45, 7) is 0.171. The van der Waals surface area contributed by atoms with Gasteiger partial charge in [-0.25, -0.2) is 0 Å². The normalized spacial score (nSPS) is 16.8. The summed E-state index contributed by atoms with van der Waals surface area (Å²) in [6.07, 6.45) is 4.86. The van der Waals surface area contributed by atoms with Crippen LogP contribution in [-0.4, -0.2) is 31.7 Å². The Morgan fingerprint density at radius 3 is 2.70 bits per heavy atom. The van der Waals surface area contributed by atoms with Gasteiger partial charge in [-0.1, -0.05) is 18.2 Å². The van der Waals surface area contributed by atoms with Gasteiger partial charge >= 0.3 is 0 Å². The van der Waals surface area contributed by atoms with Gasteiger partial charge in [-0.2, -0.15) is 0 Å². The zero-order chi connectivity index (χ0) is 18.8. The smallest absolute Gasteiger partial charge is 0.290 e. The van der Waals surface area contributed by atoms with Gasteiger partial charge in [-0.3, -0.25) is 19.6 Å². The predicted molar refractivity (Wildman–Crippen MR) is 100 cm³/mol. The van der Waals surface area contributed by atoms with Crippen LogP contribution in [-0.2, 0) is 11.3 Å². The molecule has 0 saturated heterocycles. The third kappa shape index (κ3) is 3.13. The Balaban J connectivity index is 1.79. The number of rotatable bonds is 5. The largest absolute Gasteiger partial charge is 0.503 e. The fraction of sp³-hybridized carbons (Fsp3) is 0.100. The second-order valence-electron chi connectivity index (χ2n) is 6.01. The van der Waals surface area contributed by atoms with Crippen LogP contribution in [0.1, 0.15) is 27.0 Å². The lowest BCUT2D eigenvalue weighted by atomic mass is 9.96. The number of carbonyl (C=O) groups excluding carboxylic acids is 2. The zero-order valence-corrected chi connectivity index (χ0v) is 15.0. The summed E-state index contributed by atoms with van der Waals surface area (Å²) < 4.78 is 0. The standard InChI is InChI=1S/C20H15N3O3S/c24-18(15-7-4-10-27-15)16-17(13-5-3-8-21-11-13)23(20(26)19(16)25)12-14-6-1-2-9-22-14/h1-11,17,25H,12H2. The Morgan fingerprint density at radius 2 is 2.04 bits per heavy atom. The van der Waals surface area contributed by atoms with Crippen LogP contribution in [0.25, 0.3) is 0 Å². The summed E-state index contributed by atoms with van der Waals surface area (Å²) >= 11 is 1.27. The molecule has 1 N–H and O–H groups in total. The molecule has 0 aliphatic carbocycles. The van der Waals surface area contributed by atoms with E-state index < -0.39 is 17.7 Å². The molecule has 0 aromatic carbocycles. The van der Waals surface area contributed by atoms with E-state index in [9.17, 15) is 14.7 Å². The van der Waals surface area contributed by atoms with Crippen molar-refractivity contribution < 1.29 is 14.7 Å². The van der Waals surface area contributed by atoms with Crippen LogP contribution in [0.2, 0.25) is 0 Å². The number of aliphatic hydroxyl groups is 1. The molecule has 1 aliphatic heterocycles. The van der Waals surface area contributed by atoms with Crippen molar-refractivity contribution in [3.8, 4) is 0 Å². The minimum Gasteiger partial charge on any atom is -0.503 e. The van der Waals surface area contributed by atoms with Crippen LogP contribution >= 0.6 is 11.3 Å². The van der Waals surface area contributed by atoms with Crippen LogP contribution in [0.15, 0.2) is 77.8 Å². The van der Waals surface area contributed by atoms with Gasteiger partial charge in [0.25, 0.3) is 5.91 Å². The van der Waals surface area contributed by atoms with Crippen molar-refractivity contribution in [3.05, 3.63) is 93.9 Å². The van der Waals surface area contributed by atoms with Gasteiger partial charge in [0.2, 0.25) is 5.78 Å². The highest BCUT2D eigenvalue weighted by atomic mass is 32.1. The minimum absolute atomic E-state index is 0.0754. The number of pyridine rings is 2. The van der Waals surface area contributed by atoms with Crippen molar-refractivity contribution in [1.82, 2.24) is 14.9 Å². The van der Waals surface area contributed by atoms with Crippen molar-refractivity contribution >= 4 is 23.0 Å². The molecule has 134 valence electrons. The molecule has 1 unspecified atom stereocenters. The molecule has 3 aromatic rings. The summed E-state index contributed by atoms with van der Waals surface area (Å²) in [6, 6.07) is 11.7. The summed E-state index contributed by atoms with van der Waals surface area (Å²) in [5.41, 5.74) is 1.40. The first-order valence-corrected chi connectivity index (χ1v) is 9.17. The first-order valence-electron chi connectivity index (χ1n) is 8.29. The average molecular weight is 377 g/mol. The predicted octanol–water partition coefficient (Wildman–Crippen LogP) is 3.32. The molecule has 6 nitrogen and oxygen atoms in total. The Labute approximate surface area is 159 Å². The van der Waals surface area contributed by atoms with Crippen molar-refractivity contribution in [2.45, 2.75) is 12.6 Å². The van der Waals surface area contributed by atoms with Gasteiger partial charge in [-0.05, 0) is 35.2 Å². The Morgan fingerprint density at radius 1 is 1.15 bits per heavy atom. The van der Waals surface area contributed by atoms with Gasteiger partial charge in [0, 0.05) is 18.6 Å². The molecule has 7 heteroatoms. The second kappa shape index (κ2) is 7.13. The van der Waals surface area contributed by atoms with E-state index >= 15 is 0 Å². The minimum atomic E-state index is -0.720. The molecular weight excluding hydrogens is 362 g/mol. The van der Waals surface area contributed by atoms with Gasteiger partial charge < -0.3 is 10.0 Å². The van der Waals surface area contributed by atoms with Gasteiger partial charge in [0.15, 0.2) is 5.76 Å². The Bertz CT molecular complexity index is 1000. The first kappa shape index (κ1) is 17.1. The summed E-state index contributed by atoms with van der Waals surface area (Å²) in [7, 11) is 0. The van der Waals surface area contributed by atoms with Crippen LogP contribution < -0.4 is 0 Å². The number of hydrogen-bond donors (Lipinski definition) is 1. The first-order chi connectivity index (χ1) is 13.2. The molecule has 1 amide bonds. The molecule has 4 rings (SSSR count). The van der Waals surface area contributed by atoms with E-state index in [4.69, 9.17) is 0 Å². The van der Waals surface area contributed by atoms with E-state index in [0.29, 0.717) is 16.1 Å². The molecule has 3 aromatic heterocycles. The lowest BCUT2D eigenvalue weighted by Crippen LogP contribution is -2.31. The number of aromatic nitrogens is 2. The van der Waals surface area contributed by atoms with Crippen LogP contribution in [0, 0.1) is 0 Å². The number of nitrogens with zero attached hydrogens (tertiary/aromatic N) is 3. The Hall–Kier alpha value is -3.32. The maximum absolute atomic E-state index is 13.0. The van der Waals surface area contributed by atoms with Crippen molar-refractivity contribution in [1.29, 1.82) is 0 Å². The fourth-order valence-corrected chi connectivity index (χ4v) is 3.82. The SMILES string of the molecule is O=C(C1=C(O)C(=O)N(Cc2ccccn2)C1c1cccnc1)c1cccs1. The van der Waals surface area contributed by atoms with E-state index in [0.717, 1.165) is 0 Å². The summed E-state index contributed by atoms with van der Waals surface area (Å²) in [5, 5.41) is 12.3. The topological polar surface area (TPSA) is 83.4 Å². The molecule has 0 saturated carbocycles. The van der Waals surface area contributed by atoms with Crippen molar-refractivity contribution in [3.63, 3.8) is 0 Å². The van der Waals surface area contributed by atoms with Gasteiger partial charge in [0.05, 0.1) is 28.7 Å². The highest BCUT2D eigenvalue weighted by Gasteiger charge is 2.44. The van der Waals surface area contributed by atoms with Crippen molar-refractivity contribution in [2.75, 3.05) is 0 Å². The molecular formula is C20H15N3O3S. The highest BCUT2D eigenvalue weighted by molar-refractivity contribution is 7.12. The Kier molecular flexibility index (Phi) is 4.52. The number of hydrogen-bond acceptors (Lipinski definition) is 6. The summed E-state index contributed by atoms with van der Waals surface area (Å²) in [5.74, 6) is -1.46. The van der Waals surface area contributed by atoms with E-state index in [1.165, 1.54) is 16.2 Å². The zero-order valence-electron chi connectivity index (χ0n) is 14.1. The second-order valence-corrected chi connectivity index (χ2v) is 6.96. The van der Waals surface area contributed by atoms with Crippen molar-refractivity contribution in [2.24, 2.45) is 0 Å². The molecule has 4 heterocycles. The third-order valence-corrected chi connectivity index (χ3v) is 5.22. The van der Waals surface area contributed by atoms with E-state index in [-0.39, 0.29) is 17.9 Å². The third-order valence-electron chi connectivity index (χ3n) is 4.35. The molecule has 0 bridgehead atoms. The molecule has 0 radical (unpaired) electrons. The number of carbonyl (C=O) groups is 2. The number of ketones is 1. The monoisotopic (exact) mass is 377 g/mol. The van der Waals surface area contributed by atoms with Crippen LogP contribution in [0.5, 0.6) is 0 Å². The molecule has 1 atom stereocenters. The van der Waals surface area contributed by atoms with E-state index in [2.05, 4.69) is 9.97 Å². The van der Waals surface area contributed by atoms with Gasteiger partial charge in [0.1, 0.15) is 0 Å². The maximum Gasteiger partial charge on any atom is 0.290 e. The highest BCUT2D eigenvalue weighted by Crippen LogP contribution is 2.39. The fourth-order valence-electron chi connectivity index (χ4n) is 3.14. The quantitative estimate of drug-likeness (QED) is 0.690. The lowest BCUT2D eigenvalue weighted by Gasteiger charge is -2.26. The number of amides is 1. The molecule has 0 spiro atoms. The molecule has 0 fully saturated rings. The number of aliphatic hydroxyl groups excluding tert-OH is 1. The van der Waals surface area contributed by atoms with Crippen LogP contribution in [0.3, 0.4) is 0 Å². The van der Waals surface area contributed by atoms with E-state index in [1.54, 1.807) is 60.4 Å². The molecule has 1 aliphatic rings. The van der Waals surface area contributed by atoms with Crippen LogP contribution in [0.4, 0.5) is 0 Å². The maximum atomic E-state index is 13.0. The average Bonchev–Trinajstić information content (AvgIpc) is 3.32. The van der Waals surface area contributed by atoms with Gasteiger partial charge in [-0.15, -0.1) is 11.3 Å².